The van der Waals surface area contributed by atoms with Crippen molar-refractivity contribution in [3.63, 3.8) is 0 Å². The predicted molar refractivity (Wildman–Crippen MR) is 120 cm³/mol. The van der Waals surface area contributed by atoms with E-state index in [2.05, 4.69) is 5.16 Å². The Morgan fingerprint density at radius 1 is 1.03 bits per heavy atom. The highest BCUT2D eigenvalue weighted by Crippen LogP contribution is 2.41. The fourth-order valence-corrected chi connectivity index (χ4v) is 4.17. The van der Waals surface area contributed by atoms with Crippen molar-refractivity contribution in [2.75, 3.05) is 12.0 Å². The fraction of sp³-hybridized carbons (Fsp3) is 0.200. The third-order valence-electron chi connectivity index (χ3n) is 6.00. The highest BCUT2D eigenvalue weighted by molar-refractivity contribution is 6.10. The Labute approximate surface area is 188 Å². The molecule has 166 valence electrons. The van der Waals surface area contributed by atoms with Crippen LogP contribution in [0.2, 0.25) is 0 Å². The van der Waals surface area contributed by atoms with Crippen molar-refractivity contribution >= 4 is 28.7 Å². The van der Waals surface area contributed by atoms with Gasteiger partial charge in [0.2, 0.25) is 5.76 Å². The summed E-state index contributed by atoms with van der Waals surface area (Å²) in [6.45, 7) is 5.55. The first-order chi connectivity index (χ1) is 15.8. The zero-order valence-electron chi connectivity index (χ0n) is 18.5. The van der Waals surface area contributed by atoms with Crippen LogP contribution in [0.1, 0.15) is 55.0 Å². The normalized spacial score (nSPS) is 15.2. The van der Waals surface area contributed by atoms with Crippen LogP contribution < -0.4 is 10.3 Å². The molecule has 4 aromatic rings. The SMILES string of the molecule is COC(=O)c1ccc([C@H]2c3c(oc4cc(C)c(C)cc4c3=O)C(=O)N2c2cc(C)on2)cc1. The van der Waals surface area contributed by atoms with E-state index in [0.29, 0.717) is 27.9 Å². The summed E-state index contributed by atoms with van der Waals surface area (Å²) >= 11 is 0. The van der Waals surface area contributed by atoms with Crippen molar-refractivity contribution in [2.45, 2.75) is 26.8 Å². The van der Waals surface area contributed by atoms with E-state index in [4.69, 9.17) is 13.7 Å². The second kappa shape index (κ2) is 7.44. The van der Waals surface area contributed by atoms with Crippen LogP contribution in [0.3, 0.4) is 0 Å². The molecule has 1 amide bonds. The number of benzene rings is 2. The van der Waals surface area contributed by atoms with E-state index in [1.165, 1.54) is 12.0 Å². The Morgan fingerprint density at radius 3 is 2.36 bits per heavy atom. The van der Waals surface area contributed by atoms with Crippen molar-refractivity contribution < 1.29 is 23.3 Å². The zero-order valence-corrected chi connectivity index (χ0v) is 18.5. The number of ether oxygens (including phenoxy) is 1. The number of fused-ring (bicyclic) bond motifs is 2. The molecule has 0 radical (unpaired) electrons. The number of carbonyl (C=O) groups is 2. The maximum Gasteiger partial charge on any atom is 0.337 e. The van der Waals surface area contributed by atoms with Crippen molar-refractivity contribution in [1.82, 2.24) is 5.16 Å². The molecule has 0 fully saturated rings. The minimum atomic E-state index is -0.800. The minimum Gasteiger partial charge on any atom is -0.465 e. The summed E-state index contributed by atoms with van der Waals surface area (Å²) in [6.07, 6.45) is 0. The quantitative estimate of drug-likeness (QED) is 0.435. The molecule has 0 N–H and O–H groups in total. The molecule has 0 aliphatic carbocycles. The molecule has 1 atom stereocenters. The summed E-state index contributed by atoms with van der Waals surface area (Å²) in [6, 6.07) is 10.9. The molecule has 1 aliphatic rings. The molecule has 2 aromatic carbocycles. The molecule has 0 bridgehead atoms. The number of carbonyl (C=O) groups excluding carboxylic acids is 2. The van der Waals surface area contributed by atoms with Crippen LogP contribution in [0.25, 0.3) is 11.0 Å². The molecule has 0 spiro atoms. The number of nitrogens with zero attached hydrogens (tertiary/aromatic N) is 2. The smallest absolute Gasteiger partial charge is 0.337 e. The largest absolute Gasteiger partial charge is 0.465 e. The van der Waals surface area contributed by atoms with Crippen LogP contribution in [0.5, 0.6) is 0 Å². The Morgan fingerprint density at radius 2 is 1.73 bits per heavy atom. The van der Waals surface area contributed by atoms with Gasteiger partial charge >= 0.3 is 5.97 Å². The van der Waals surface area contributed by atoms with Crippen LogP contribution in [0, 0.1) is 20.8 Å². The van der Waals surface area contributed by atoms with Gasteiger partial charge in [0.15, 0.2) is 11.2 Å². The van der Waals surface area contributed by atoms with E-state index < -0.39 is 17.9 Å². The summed E-state index contributed by atoms with van der Waals surface area (Å²) < 4.78 is 16.0. The number of aromatic nitrogens is 1. The average molecular weight is 444 g/mol. The van der Waals surface area contributed by atoms with Gasteiger partial charge in [0, 0.05) is 6.07 Å². The Kier molecular flexibility index (Phi) is 4.67. The van der Waals surface area contributed by atoms with Crippen molar-refractivity contribution in [3.8, 4) is 0 Å². The lowest BCUT2D eigenvalue weighted by Gasteiger charge is -2.22. The second-order valence-corrected chi connectivity index (χ2v) is 8.09. The van der Waals surface area contributed by atoms with E-state index in [1.54, 1.807) is 49.4 Å². The van der Waals surface area contributed by atoms with Crippen molar-refractivity contribution in [2.24, 2.45) is 0 Å². The fourth-order valence-electron chi connectivity index (χ4n) is 4.17. The van der Waals surface area contributed by atoms with E-state index in [-0.39, 0.29) is 22.6 Å². The first-order valence-corrected chi connectivity index (χ1v) is 10.3. The molecule has 3 heterocycles. The second-order valence-electron chi connectivity index (χ2n) is 8.09. The standard InChI is InChI=1S/C25H20N2O6/c1-12-9-17-18(10-13(12)2)32-23-20(22(17)28)21(15-5-7-16(8-6-15)25(30)31-4)27(24(23)29)19-11-14(3)33-26-19/h5-11,21H,1-4H3/t21-/m0/s1. The zero-order chi connectivity index (χ0) is 23.4. The molecule has 1 aliphatic heterocycles. The van der Waals surface area contributed by atoms with Gasteiger partial charge in [-0.2, -0.15) is 0 Å². The van der Waals surface area contributed by atoms with Gasteiger partial charge in [-0.15, -0.1) is 0 Å². The molecule has 0 saturated heterocycles. The van der Waals surface area contributed by atoms with E-state index in [0.717, 1.165) is 11.1 Å². The summed E-state index contributed by atoms with van der Waals surface area (Å²) in [5.74, 6) is -0.216. The highest BCUT2D eigenvalue weighted by Gasteiger charge is 2.45. The van der Waals surface area contributed by atoms with Crippen LogP contribution in [0.15, 0.2) is 56.2 Å². The summed E-state index contributed by atoms with van der Waals surface area (Å²) in [5, 5.41) is 4.41. The third kappa shape index (κ3) is 3.14. The number of hydrogen-bond acceptors (Lipinski definition) is 7. The number of hydrogen-bond donors (Lipinski definition) is 0. The summed E-state index contributed by atoms with van der Waals surface area (Å²) in [5.41, 5.74) is 3.16. The number of anilines is 1. The van der Waals surface area contributed by atoms with Gasteiger partial charge in [-0.05, 0) is 61.7 Å². The molecule has 8 nitrogen and oxygen atoms in total. The van der Waals surface area contributed by atoms with Crippen LogP contribution >= 0.6 is 0 Å². The number of aryl methyl sites for hydroxylation is 3. The molecule has 2 aromatic heterocycles. The lowest BCUT2D eigenvalue weighted by atomic mass is 9.96. The molecule has 0 saturated carbocycles. The van der Waals surface area contributed by atoms with Crippen LogP contribution in [0.4, 0.5) is 5.82 Å². The number of rotatable bonds is 3. The highest BCUT2D eigenvalue weighted by atomic mass is 16.5. The number of methoxy groups -OCH3 is 1. The Balaban J connectivity index is 1.77. The van der Waals surface area contributed by atoms with E-state index >= 15 is 0 Å². The van der Waals surface area contributed by atoms with Gasteiger partial charge in [-0.3, -0.25) is 14.5 Å². The van der Waals surface area contributed by atoms with Crippen LogP contribution in [-0.2, 0) is 4.74 Å². The maximum absolute atomic E-state index is 13.7. The van der Waals surface area contributed by atoms with Crippen molar-refractivity contribution in [3.05, 3.63) is 92.0 Å². The maximum atomic E-state index is 13.7. The number of amides is 1. The van der Waals surface area contributed by atoms with Gasteiger partial charge in [0.05, 0.1) is 29.7 Å². The lowest BCUT2D eigenvalue weighted by molar-refractivity contribution is 0.0600. The third-order valence-corrected chi connectivity index (χ3v) is 6.00. The molecule has 8 heteroatoms. The minimum absolute atomic E-state index is 0.0292. The van der Waals surface area contributed by atoms with E-state index in [9.17, 15) is 14.4 Å². The first kappa shape index (κ1) is 20.7. The van der Waals surface area contributed by atoms with Gasteiger partial charge in [-0.1, -0.05) is 17.3 Å². The Bertz CT molecular complexity index is 1500. The lowest BCUT2D eigenvalue weighted by Crippen LogP contribution is -2.29. The van der Waals surface area contributed by atoms with Gasteiger partial charge in [-0.25, -0.2) is 4.79 Å². The first-order valence-electron chi connectivity index (χ1n) is 10.3. The van der Waals surface area contributed by atoms with Gasteiger partial charge in [0.25, 0.3) is 5.91 Å². The Hall–Kier alpha value is -4.20. The summed E-state index contributed by atoms with van der Waals surface area (Å²) in [7, 11) is 1.30. The molecule has 0 unspecified atom stereocenters. The van der Waals surface area contributed by atoms with Crippen LogP contribution in [-0.4, -0.2) is 24.1 Å². The summed E-state index contributed by atoms with van der Waals surface area (Å²) in [4.78, 5) is 40.4. The van der Waals surface area contributed by atoms with E-state index in [1.807, 2.05) is 13.8 Å². The molecule has 33 heavy (non-hydrogen) atoms. The predicted octanol–water partition coefficient (Wildman–Crippen LogP) is 4.24. The van der Waals surface area contributed by atoms with Gasteiger partial charge < -0.3 is 13.7 Å². The topological polar surface area (TPSA) is 103 Å². The molecular weight excluding hydrogens is 424 g/mol. The number of esters is 1. The van der Waals surface area contributed by atoms with Gasteiger partial charge in [0.1, 0.15) is 11.3 Å². The monoisotopic (exact) mass is 444 g/mol. The van der Waals surface area contributed by atoms with Crippen molar-refractivity contribution in [1.29, 1.82) is 0 Å². The molecule has 5 rings (SSSR count). The molecular formula is C25H20N2O6. The average Bonchev–Trinajstić information content (AvgIpc) is 3.36.